The Labute approximate surface area is 137 Å². The zero-order chi connectivity index (χ0) is 16.0. The molecule has 1 aromatic heterocycles. The lowest BCUT2D eigenvalue weighted by Crippen LogP contribution is -2.39. The van der Waals surface area contributed by atoms with Gasteiger partial charge in [0.25, 0.3) is 0 Å². The van der Waals surface area contributed by atoms with Gasteiger partial charge in [-0.1, -0.05) is 6.92 Å². The monoisotopic (exact) mass is 359 g/mol. The van der Waals surface area contributed by atoms with Gasteiger partial charge in [0.05, 0.1) is 28.1 Å². The van der Waals surface area contributed by atoms with Crippen molar-refractivity contribution in [2.24, 2.45) is 0 Å². The van der Waals surface area contributed by atoms with Crippen molar-refractivity contribution >= 4 is 15.9 Å². The first-order valence-electron chi connectivity index (χ1n) is 7.87. The van der Waals surface area contributed by atoms with E-state index in [1.54, 1.807) is 0 Å². The third-order valence-electron chi connectivity index (χ3n) is 3.29. The molecule has 0 amide bonds. The number of nitrogens with one attached hydrogen (secondary N) is 1. The number of ether oxygens (including phenoxy) is 1. The molecule has 1 heterocycles. The van der Waals surface area contributed by atoms with Crippen molar-refractivity contribution in [3.63, 3.8) is 0 Å². The molecular formula is C16H30BrN3O. The second-order valence-corrected chi connectivity index (χ2v) is 7.23. The van der Waals surface area contributed by atoms with Crippen LogP contribution in [0.3, 0.4) is 0 Å². The highest BCUT2D eigenvalue weighted by Gasteiger charge is 2.20. The van der Waals surface area contributed by atoms with E-state index in [2.05, 4.69) is 65.6 Å². The molecule has 1 aromatic rings. The number of hydrogen-bond donors (Lipinski definition) is 1. The Bertz CT molecular complexity index is 437. The molecule has 0 saturated heterocycles. The SMILES string of the molecule is CCCNC(COC(C)(C)C)Cc1c(Br)c(C)nn1CC. The molecule has 0 aromatic carbocycles. The minimum atomic E-state index is -0.107. The maximum absolute atomic E-state index is 5.97. The van der Waals surface area contributed by atoms with Gasteiger partial charge in [-0.15, -0.1) is 0 Å². The van der Waals surface area contributed by atoms with Gasteiger partial charge in [-0.25, -0.2) is 0 Å². The van der Waals surface area contributed by atoms with E-state index in [0.717, 1.165) is 36.1 Å². The van der Waals surface area contributed by atoms with Crippen LogP contribution >= 0.6 is 15.9 Å². The minimum absolute atomic E-state index is 0.107. The Kier molecular flexibility index (Phi) is 7.37. The van der Waals surface area contributed by atoms with Crippen molar-refractivity contribution in [2.45, 2.75) is 72.6 Å². The zero-order valence-electron chi connectivity index (χ0n) is 14.3. The lowest BCUT2D eigenvalue weighted by Gasteiger charge is -2.25. The second-order valence-electron chi connectivity index (χ2n) is 6.44. The van der Waals surface area contributed by atoms with E-state index in [0.29, 0.717) is 12.6 Å². The van der Waals surface area contributed by atoms with E-state index in [1.165, 1.54) is 5.69 Å². The Morgan fingerprint density at radius 1 is 1.33 bits per heavy atom. The van der Waals surface area contributed by atoms with E-state index >= 15 is 0 Å². The van der Waals surface area contributed by atoms with E-state index < -0.39 is 0 Å². The zero-order valence-corrected chi connectivity index (χ0v) is 15.9. The molecule has 0 spiro atoms. The molecule has 5 heteroatoms. The Hall–Kier alpha value is -0.390. The van der Waals surface area contributed by atoms with Gasteiger partial charge in [-0.05, 0) is 63.5 Å². The predicted octanol–water partition coefficient (Wildman–Crippen LogP) is 3.70. The summed E-state index contributed by atoms with van der Waals surface area (Å²) >= 11 is 3.68. The third kappa shape index (κ3) is 6.09. The molecule has 0 bridgehead atoms. The van der Waals surface area contributed by atoms with Gasteiger partial charge in [0.1, 0.15) is 0 Å². The average molecular weight is 360 g/mol. The molecule has 1 unspecified atom stereocenters. The standard InChI is InChI=1S/C16H30BrN3O/c1-7-9-18-13(11-21-16(4,5)6)10-14-15(17)12(3)19-20(14)8-2/h13,18H,7-11H2,1-6H3. The van der Waals surface area contributed by atoms with Crippen LogP contribution < -0.4 is 5.32 Å². The maximum Gasteiger partial charge on any atom is 0.0738 e. The molecule has 1 rings (SSSR count). The van der Waals surface area contributed by atoms with Crippen LogP contribution in [0.2, 0.25) is 0 Å². The fraction of sp³-hybridized carbons (Fsp3) is 0.812. The highest BCUT2D eigenvalue weighted by molar-refractivity contribution is 9.10. The van der Waals surface area contributed by atoms with Gasteiger partial charge in [0.15, 0.2) is 0 Å². The molecule has 0 aliphatic heterocycles. The summed E-state index contributed by atoms with van der Waals surface area (Å²) in [6, 6.07) is 0.307. The summed E-state index contributed by atoms with van der Waals surface area (Å²) in [5.74, 6) is 0. The van der Waals surface area contributed by atoms with Crippen molar-refractivity contribution in [2.75, 3.05) is 13.2 Å². The molecule has 0 aliphatic carbocycles. The Morgan fingerprint density at radius 3 is 2.52 bits per heavy atom. The first-order chi connectivity index (χ1) is 9.78. The lowest BCUT2D eigenvalue weighted by atomic mass is 10.1. The molecular weight excluding hydrogens is 330 g/mol. The number of hydrogen-bond acceptors (Lipinski definition) is 3. The average Bonchev–Trinajstić information content (AvgIpc) is 2.68. The second kappa shape index (κ2) is 8.30. The molecule has 0 saturated carbocycles. The Morgan fingerprint density at radius 2 is 2.00 bits per heavy atom. The normalized spacial score (nSPS) is 13.7. The van der Waals surface area contributed by atoms with Crippen LogP contribution in [0.1, 0.15) is 52.4 Å². The maximum atomic E-state index is 5.97. The third-order valence-corrected chi connectivity index (χ3v) is 4.32. The molecule has 0 radical (unpaired) electrons. The van der Waals surface area contributed by atoms with E-state index in [9.17, 15) is 0 Å². The van der Waals surface area contributed by atoms with Crippen LogP contribution in [0.25, 0.3) is 0 Å². The lowest BCUT2D eigenvalue weighted by molar-refractivity contribution is -0.0145. The summed E-state index contributed by atoms with van der Waals surface area (Å²) in [5, 5.41) is 8.16. The van der Waals surface area contributed by atoms with Crippen LogP contribution in [0.5, 0.6) is 0 Å². The quantitative estimate of drug-likeness (QED) is 0.768. The molecule has 21 heavy (non-hydrogen) atoms. The van der Waals surface area contributed by atoms with Gasteiger partial charge >= 0.3 is 0 Å². The predicted molar refractivity (Wildman–Crippen MR) is 91.8 cm³/mol. The van der Waals surface area contributed by atoms with Gasteiger partial charge in [-0.3, -0.25) is 4.68 Å². The van der Waals surface area contributed by atoms with Gasteiger partial charge in [0, 0.05) is 19.0 Å². The number of halogens is 1. The molecule has 1 atom stereocenters. The summed E-state index contributed by atoms with van der Waals surface area (Å²) in [4.78, 5) is 0. The summed E-state index contributed by atoms with van der Waals surface area (Å²) in [5.41, 5.74) is 2.20. The summed E-state index contributed by atoms with van der Waals surface area (Å²) in [7, 11) is 0. The molecule has 1 N–H and O–H groups in total. The topological polar surface area (TPSA) is 39.1 Å². The number of aromatic nitrogens is 2. The van der Waals surface area contributed by atoms with Crippen LogP contribution in [0, 0.1) is 6.92 Å². The van der Waals surface area contributed by atoms with E-state index in [-0.39, 0.29) is 5.60 Å². The smallest absolute Gasteiger partial charge is 0.0738 e. The van der Waals surface area contributed by atoms with E-state index in [4.69, 9.17) is 4.74 Å². The Balaban J connectivity index is 2.80. The van der Waals surface area contributed by atoms with Crippen molar-refractivity contribution in [1.82, 2.24) is 15.1 Å². The molecule has 0 aliphatic rings. The van der Waals surface area contributed by atoms with Crippen molar-refractivity contribution in [1.29, 1.82) is 0 Å². The van der Waals surface area contributed by atoms with Crippen LogP contribution in [-0.2, 0) is 17.7 Å². The number of rotatable bonds is 8. The first-order valence-corrected chi connectivity index (χ1v) is 8.66. The summed E-state index contributed by atoms with van der Waals surface area (Å²) in [6.07, 6.45) is 2.05. The minimum Gasteiger partial charge on any atom is -0.374 e. The molecule has 0 fully saturated rings. The van der Waals surface area contributed by atoms with Crippen molar-refractivity contribution in [3.8, 4) is 0 Å². The van der Waals surface area contributed by atoms with Crippen molar-refractivity contribution in [3.05, 3.63) is 15.9 Å². The fourth-order valence-electron chi connectivity index (χ4n) is 2.19. The van der Waals surface area contributed by atoms with Crippen molar-refractivity contribution < 1.29 is 4.74 Å². The molecule has 122 valence electrons. The van der Waals surface area contributed by atoms with Crippen LogP contribution in [0.15, 0.2) is 4.47 Å². The van der Waals surface area contributed by atoms with Crippen LogP contribution in [-0.4, -0.2) is 34.6 Å². The van der Waals surface area contributed by atoms with Gasteiger partial charge in [0.2, 0.25) is 0 Å². The van der Waals surface area contributed by atoms with Crippen LogP contribution in [0.4, 0.5) is 0 Å². The van der Waals surface area contributed by atoms with E-state index in [1.807, 2.05) is 6.92 Å². The number of nitrogens with zero attached hydrogens (tertiary/aromatic N) is 2. The summed E-state index contributed by atoms with van der Waals surface area (Å²) in [6.45, 7) is 15.3. The largest absolute Gasteiger partial charge is 0.374 e. The highest BCUT2D eigenvalue weighted by atomic mass is 79.9. The summed E-state index contributed by atoms with van der Waals surface area (Å²) < 4.78 is 9.18. The number of aryl methyl sites for hydroxylation is 2. The fourth-order valence-corrected chi connectivity index (χ4v) is 2.63. The first kappa shape index (κ1) is 18.7. The molecule has 4 nitrogen and oxygen atoms in total. The highest BCUT2D eigenvalue weighted by Crippen LogP contribution is 2.22. The van der Waals surface area contributed by atoms with Gasteiger partial charge < -0.3 is 10.1 Å². The van der Waals surface area contributed by atoms with Gasteiger partial charge in [-0.2, -0.15) is 5.10 Å².